The molecule has 0 heterocycles. The van der Waals surface area contributed by atoms with Gasteiger partial charge in [-0.15, -0.1) is 0 Å². The van der Waals surface area contributed by atoms with Gasteiger partial charge in [0.2, 0.25) is 0 Å². The lowest BCUT2D eigenvalue weighted by atomic mass is 9.74. The molecule has 0 aliphatic carbocycles. The van der Waals surface area contributed by atoms with Crippen molar-refractivity contribution in [3.05, 3.63) is 48.0 Å². The molecule has 1 rings (SSSR count). The van der Waals surface area contributed by atoms with Crippen molar-refractivity contribution in [3.8, 4) is 0 Å². The second-order valence-corrected chi connectivity index (χ2v) is 5.15. The molecule has 16 heavy (non-hydrogen) atoms. The molecule has 0 saturated carbocycles. The van der Waals surface area contributed by atoms with Gasteiger partial charge in [-0.2, -0.15) is 0 Å². The van der Waals surface area contributed by atoms with E-state index in [1.807, 2.05) is 39.0 Å². The molecule has 0 aliphatic heterocycles. The van der Waals surface area contributed by atoms with E-state index in [0.717, 1.165) is 5.57 Å². The lowest BCUT2D eigenvalue weighted by Gasteiger charge is -2.35. The Kier molecular flexibility index (Phi) is 3.93. The first-order valence-corrected chi connectivity index (χ1v) is 5.76. The maximum absolute atomic E-state index is 10.4. The van der Waals surface area contributed by atoms with Crippen LogP contribution in [-0.2, 0) is 0 Å². The predicted octanol–water partition coefficient (Wildman–Crippen LogP) is 3.75. The van der Waals surface area contributed by atoms with Gasteiger partial charge in [0, 0.05) is 11.3 Å². The highest BCUT2D eigenvalue weighted by molar-refractivity contribution is 5.22. The van der Waals surface area contributed by atoms with Crippen LogP contribution < -0.4 is 0 Å². The molecule has 0 aliphatic rings. The zero-order valence-electron chi connectivity index (χ0n) is 10.7. The van der Waals surface area contributed by atoms with Crippen molar-refractivity contribution in [2.75, 3.05) is 0 Å². The van der Waals surface area contributed by atoms with E-state index in [-0.39, 0.29) is 11.3 Å². The zero-order chi connectivity index (χ0) is 12.3. The lowest BCUT2D eigenvalue weighted by molar-refractivity contribution is 0.0544. The van der Waals surface area contributed by atoms with Crippen LogP contribution >= 0.6 is 0 Å². The van der Waals surface area contributed by atoms with Gasteiger partial charge in [0.1, 0.15) is 0 Å². The molecule has 2 unspecified atom stereocenters. The van der Waals surface area contributed by atoms with Crippen LogP contribution in [-0.4, -0.2) is 11.2 Å². The largest absolute Gasteiger partial charge is 0.392 e. The van der Waals surface area contributed by atoms with E-state index in [0.29, 0.717) is 0 Å². The van der Waals surface area contributed by atoms with Gasteiger partial charge in [0.15, 0.2) is 0 Å². The van der Waals surface area contributed by atoms with Gasteiger partial charge in [-0.25, -0.2) is 0 Å². The summed E-state index contributed by atoms with van der Waals surface area (Å²) in [4.78, 5) is 0. The Morgan fingerprint density at radius 1 is 1.25 bits per heavy atom. The summed E-state index contributed by atoms with van der Waals surface area (Å²) < 4.78 is 0. The minimum absolute atomic E-state index is 0.118. The molecule has 1 heteroatoms. The van der Waals surface area contributed by atoms with Gasteiger partial charge in [0.05, 0.1) is 6.10 Å². The fourth-order valence-corrected chi connectivity index (χ4v) is 1.82. The molecular weight excluding hydrogens is 196 g/mol. The van der Waals surface area contributed by atoms with Crippen molar-refractivity contribution in [2.24, 2.45) is 5.41 Å². The topological polar surface area (TPSA) is 20.2 Å². The van der Waals surface area contributed by atoms with Crippen LogP contribution in [0.15, 0.2) is 42.5 Å². The van der Waals surface area contributed by atoms with Crippen LogP contribution in [0.5, 0.6) is 0 Å². The standard InChI is InChI=1S/C15H22O/c1-11(2)15(4,5)14(16)12(3)13-9-7-6-8-10-13/h6-10,12,14,16H,1H2,2-5H3. The third kappa shape index (κ3) is 2.53. The van der Waals surface area contributed by atoms with Crippen LogP contribution in [0.3, 0.4) is 0 Å². The number of benzene rings is 1. The zero-order valence-corrected chi connectivity index (χ0v) is 10.7. The average molecular weight is 218 g/mol. The molecular formula is C15H22O. The second kappa shape index (κ2) is 4.84. The molecule has 88 valence electrons. The molecule has 0 fully saturated rings. The molecule has 0 radical (unpaired) electrons. The van der Waals surface area contributed by atoms with Crippen molar-refractivity contribution in [1.82, 2.24) is 0 Å². The van der Waals surface area contributed by atoms with Gasteiger partial charge in [-0.1, -0.05) is 63.3 Å². The van der Waals surface area contributed by atoms with Crippen LogP contribution in [0.2, 0.25) is 0 Å². The fraction of sp³-hybridized carbons (Fsp3) is 0.467. The smallest absolute Gasteiger partial charge is 0.0693 e. The Balaban J connectivity index is 2.91. The molecule has 2 atom stereocenters. The van der Waals surface area contributed by atoms with Crippen LogP contribution in [0.4, 0.5) is 0 Å². The summed E-state index contributed by atoms with van der Waals surface area (Å²) in [5.41, 5.74) is 1.93. The number of rotatable bonds is 4. The Bertz CT molecular complexity index is 351. The Hall–Kier alpha value is -1.08. The van der Waals surface area contributed by atoms with Crippen molar-refractivity contribution in [3.63, 3.8) is 0 Å². The van der Waals surface area contributed by atoms with Crippen LogP contribution in [0, 0.1) is 5.41 Å². The summed E-state index contributed by atoms with van der Waals surface area (Å²) in [6.45, 7) is 12.1. The summed E-state index contributed by atoms with van der Waals surface area (Å²) in [5.74, 6) is 0.118. The minimum atomic E-state index is -0.410. The predicted molar refractivity (Wildman–Crippen MR) is 69.5 cm³/mol. The number of hydrogen-bond acceptors (Lipinski definition) is 1. The van der Waals surface area contributed by atoms with E-state index < -0.39 is 6.10 Å². The Morgan fingerprint density at radius 3 is 2.19 bits per heavy atom. The van der Waals surface area contributed by atoms with Crippen molar-refractivity contribution in [1.29, 1.82) is 0 Å². The van der Waals surface area contributed by atoms with Crippen molar-refractivity contribution >= 4 is 0 Å². The van der Waals surface area contributed by atoms with Gasteiger partial charge in [-0.05, 0) is 12.5 Å². The highest BCUT2D eigenvalue weighted by atomic mass is 16.3. The minimum Gasteiger partial charge on any atom is -0.392 e. The third-order valence-corrected chi connectivity index (χ3v) is 3.64. The average Bonchev–Trinajstić information content (AvgIpc) is 2.28. The molecule has 0 saturated heterocycles. The van der Waals surface area contributed by atoms with Gasteiger partial charge in [0.25, 0.3) is 0 Å². The van der Waals surface area contributed by atoms with Gasteiger partial charge in [-0.3, -0.25) is 0 Å². The third-order valence-electron chi connectivity index (χ3n) is 3.64. The second-order valence-electron chi connectivity index (χ2n) is 5.15. The number of hydrogen-bond donors (Lipinski definition) is 1. The first kappa shape index (κ1) is 13.0. The molecule has 1 nitrogen and oxygen atoms in total. The van der Waals surface area contributed by atoms with E-state index >= 15 is 0 Å². The van der Waals surface area contributed by atoms with E-state index in [4.69, 9.17) is 0 Å². The number of aliphatic hydroxyl groups is 1. The normalized spacial score (nSPS) is 15.6. The maximum atomic E-state index is 10.4. The highest BCUT2D eigenvalue weighted by Crippen LogP contribution is 2.36. The van der Waals surface area contributed by atoms with Crippen LogP contribution in [0.1, 0.15) is 39.2 Å². The molecule has 0 amide bonds. The van der Waals surface area contributed by atoms with Crippen molar-refractivity contribution in [2.45, 2.75) is 39.7 Å². The fourth-order valence-electron chi connectivity index (χ4n) is 1.82. The highest BCUT2D eigenvalue weighted by Gasteiger charge is 2.33. The molecule has 1 aromatic carbocycles. The molecule has 0 bridgehead atoms. The van der Waals surface area contributed by atoms with Gasteiger partial charge >= 0.3 is 0 Å². The maximum Gasteiger partial charge on any atom is 0.0693 e. The summed E-state index contributed by atoms with van der Waals surface area (Å²) in [6.07, 6.45) is -0.410. The van der Waals surface area contributed by atoms with E-state index in [1.165, 1.54) is 5.56 Å². The SMILES string of the molecule is C=C(C)C(C)(C)C(O)C(C)c1ccccc1. The first-order chi connectivity index (χ1) is 7.37. The summed E-state index contributed by atoms with van der Waals surface area (Å²) in [6, 6.07) is 10.1. The lowest BCUT2D eigenvalue weighted by Crippen LogP contribution is -2.34. The summed E-state index contributed by atoms with van der Waals surface area (Å²) in [7, 11) is 0. The molecule has 1 aromatic rings. The van der Waals surface area contributed by atoms with Gasteiger partial charge < -0.3 is 5.11 Å². The van der Waals surface area contributed by atoms with Crippen LogP contribution in [0.25, 0.3) is 0 Å². The summed E-state index contributed by atoms with van der Waals surface area (Å²) >= 11 is 0. The molecule has 1 N–H and O–H groups in total. The monoisotopic (exact) mass is 218 g/mol. The van der Waals surface area contributed by atoms with E-state index in [9.17, 15) is 5.11 Å². The van der Waals surface area contributed by atoms with Crippen molar-refractivity contribution < 1.29 is 5.11 Å². The quantitative estimate of drug-likeness (QED) is 0.763. The van der Waals surface area contributed by atoms with E-state index in [2.05, 4.69) is 25.6 Å². The van der Waals surface area contributed by atoms with E-state index in [1.54, 1.807) is 0 Å². The first-order valence-electron chi connectivity index (χ1n) is 5.76. The Morgan fingerprint density at radius 2 is 1.75 bits per heavy atom. The molecule has 0 aromatic heterocycles. The summed E-state index contributed by atoms with van der Waals surface area (Å²) in [5, 5.41) is 10.4. The molecule has 0 spiro atoms. The number of aliphatic hydroxyl groups excluding tert-OH is 1. The Labute approximate surface area is 98.8 Å².